The molecule has 1 heterocycles. The third kappa shape index (κ3) is 2.36. The van der Waals surface area contributed by atoms with Crippen LogP contribution in [0.15, 0.2) is 18.3 Å². The fourth-order valence-corrected chi connectivity index (χ4v) is 2.46. The van der Waals surface area contributed by atoms with Gasteiger partial charge in [-0.15, -0.1) is 0 Å². The molecule has 2 aromatic rings. The van der Waals surface area contributed by atoms with E-state index in [1.807, 2.05) is 0 Å². The maximum absolute atomic E-state index is 5.85. The van der Waals surface area contributed by atoms with Crippen LogP contribution in [0.3, 0.4) is 0 Å². The Morgan fingerprint density at radius 3 is 2.72 bits per heavy atom. The lowest BCUT2D eigenvalue weighted by molar-refractivity contribution is 0.417. The van der Waals surface area contributed by atoms with E-state index in [0.29, 0.717) is 0 Å². The smallest absolute Gasteiger partial charge is 0.143 e. The van der Waals surface area contributed by atoms with Gasteiger partial charge in [0.15, 0.2) is 0 Å². The highest BCUT2D eigenvalue weighted by Gasteiger charge is 2.12. The zero-order valence-corrected chi connectivity index (χ0v) is 11.7. The molecule has 18 heavy (non-hydrogen) atoms. The number of aromatic nitrogens is 1. The molecule has 0 aliphatic carbocycles. The van der Waals surface area contributed by atoms with Gasteiger partial charge in [0.05, 0.1) is 12.6 Å². The third-order valence-electron chi connectivity index (χ3n) is 3.36. The monoisotopic (exact) mass is 246 g/mol. The Labute approximate surface area is 109 Å². The highest BCUT2D eigenvalue weighted by atomic mass is 16.5. The van der Waals surface area contributed by atoms with Crippen molar-refractivity contribution in [2.45, 2.75) is 32.7 Å². The van der Waals surface area contributed by atoms with E-state index in [9.17, 15) is 0 Å². The summed E-state index contributed by atoms with van der Waals surface area (Å²) in [7, 11) is 3.79. The Hall–Kier alpha value is -1.48. The van der Waals surface area contributed by atoms with Crippen LogP contribution < -0.4 is 10.5 Å². The van der Waals surface area contributed by atoms with Gasteiger partial charge in [0.1, 0.15) is 5.75 Å². The number of hydrogen-bond acceptors (Lipinski definition) is 2. The van der Waals surface area contributed by atoms with E-state index < -0.39 is 0 Å². The molecular weight excluding hydrogens is 224 g/mol. The van der Waals surface area contributed by atoms with Crippen molar-refractivity contribution in [3.05, 3.63) is 29.5 Å². The molecule has 1 unspecified atom stereocenters. The van der Waals surface area contributed by atoms with Crippen molar-refractivity contribution in [3.8, 4) is 5.75 Å². The highest BCUT2D eigenvalue weighted by Crippen LogP contribution is 2.31. The molecule has 0 aliphatic heterocycles. The van der Waals surface area contributed by atoms with Gasteiger partial charge in [-0.05, 0) is 49.9 Å². The quantitative estimate of drug-likeness (QED) is 0.901. The summed E-state index contributed by atoms with van der Waals surface area (Å²) >= 11 is 0. The Bertz CT molecular complexity index is 555. The van der Waals surface area contributed by atoms with Gasteiger partial charge in [-0.25, -0.2) is 0 Å². The number of ether oxygens (including phenoxy) is 1. The van der Waals surface area contributed by atoms with E-state index in [2.05, 4.69) is 43.8 Å². The van der Waals surface area contributed by atoms with E-state index in [-0.39, 0.29) is 6.04 Å². The molecule has 0 saturated carbocycles. The number of methoxy groups -OCH3 is 1. The topological polar surface area (TPSA) is 40.2 Å². The molecule has 1 atom stereocenters. The lowest BCUT2D eigenvalue weighted by Crippen LogP contribution is -2.15. The molecule has 0 amide bonds. The van der Waals surface area contributed by atoms with Crippen LogP contribution in [0.25, 0.3) is 10.9 Å². The van der Waals surface area contributed by atoms with Crippen molar-refractivity contribution in [2.75, 3.05) is 7.11 Å². The van der Waals surface area contributed by atoms with Crippen molar-refractivity contribution in [3.63, 3.8) is 0 Å². The van der Waals surface area contributed by atoms with Gasteiger partial charge in [0.2, 0.25) is 0 Å². The van der Waals surface area contributed by atoms with Gasteiger partial charge >= 0.3 is 0 Å². The minimum Gasteiger partial charge on any atom is -0.495 e. The lowest BCUT2D eigenvalue weighted by Gasteiger charge is -2.07. The van der Waals surface area contributed by atoms with E-state index >= 15 is 0 Å². The largest absolute Gasteiger partial charge is 0.495 e. The second-order valence-corrected chi connectivity index (χ2v) is 5.14. The summed E-state index contributed by atoms with van der Waals surface area (Å²) in [5.41, 5.74) is 9.60. The van der Waals surface area contributed by atoms with Crippen molar-refractivity contribution < 1.29 is 4.74 Å². The Balaban J connectivity index is 2.52. The fraction of sp³-hybridized carbons (Fsp3) is 0.467. The van der Waals surface area contributed by atoms with Gasteiger partial charge in [0, 0.05) is 24.7 Å². The number of hydrogen-bond donors (Lipinski definition) is 1. The number of nitrogens with zero attached hydrogens (tertiary/aromatic N) is 1. The van der Waals surface area contributed by atoms with Crippen LogP contribution >= 0.6 is 0 Å². The van der Waals surface area contributed by atoms with Crippen LogP contribution in [0, 0.1) is 6.92 Å². The van der Waals surface area contributed by atoms with E-state index in [1.54, 1.807) is 7.11 Å². The van der Waals surface area contributed by atoms with Crippen molar-refractivity contribution in [2.24, 2.45) is 12.8 Å². The van der Waals surface area contributed by atoms with Gasteiger partial charge in [-0.2, -0.15) is 0 Å². The summed E-state index contributed by atoms with van der Waals surface area (Å²) in [6, 6.07) is 4.55. The highest BCUT2D eigenvalue weighted by molar-refractivity contribution is 5.90. The molecule has 0 fully saturated rings. The lowest BCUT2D eigenvalue weighted by atomic mass is 10.0. The van der Waals surface area contributed by atoms with Crippen molar-refractivity contribution in [1.82, 2.24) is 4.57 Å². The SMILES string of the molecule is COc1cc(C)cc2c(CCC(C)N)cn(C)c12. The van der Waals surface area contributed by atoms with Gasteiger partial charge in [0.25, 0.3) is 0 Å². The summed E-state index contributed by atoms with van der Waals surface area (Å²) in [4.78, 5) is 0. The molecule has 98 valence electrons. The van der Waals surface area contributed by atoms with E-state index in [4.69, 9.17) is 10.5 Å². The predicted octanol–water partition coefficient (Wildman–Crippen LogP) is 2.78. The van der Waals surface area contributed by atoms with Crippen molar-refractivity contribution in [1.29, 1.82) is 0 Å². The molecule has 1 aromatic carbocycles. The molecule has 2 rings (SSSR count). The zero-order chi connectivity index (χ0) is 13.3. The van der Waals surface area contributed by atoms with Gasteiger partial charge in [-0.3, -0.25) is 0 Å². The molecular formula is C15H22N2O. The molecule has 0 bridgehead atoms. The summed E-state index contributed by atoms with van der Waals surface area (Å²) < 4.78 is 7.63. The average molecular weight is 246 g/mol. The van der Waals surface area contributed by atoms with E-state index in [0.717, 1.165) is 18.6 Å². The minimum absolute atomic E-state index is 0.243. The molecule has 3 nitrogen and oxygen atoms in total. The molecule has 1 aromatic heterocycles. The minimum atomic E-state index is 0.243. The van der Waals surface area contributed by atoms with Crippen molar-refractivity contribution >= 4 is 10.9 Å². The second-order valence-electron chi connectivity index (χ2n) is 5.14. The summed E-state index contributed by atoms with van der Waals surface area (Å²) in [6.45, 7) is 4.15. The van der Waals surface area contributed by atoms with Crippen LogP contribution in [-0.2, 0) is 13.5 Å². The van der Waals surface area contributed by atoms with E-state index in [1.165, 1.54) is 22.0 Å². The second kappa shape index (κ2) is 5.02. The first-order chi connectivity index (χ1) is 8.52. The summed E-state index contributed by atoms with van der Waals surface area (Å²) in [5, 5.41) is 1.29. The number of fused-ring (bicyclic) bond motifs is 1. The number of aryl methyl sites for hydroxylation is 3. The number of benzene rings is 1. The third-order valence-corrected chi connectivity index (χ3v) is 3.36. The Morgan fingerprint density at radius 2 is 2.11 bits per heavy atom. The van der Waals surface area contributed by atoms with Crippen LogP contribution in [0.2, 0.25) is 0 Å². The Kier molecular flexibility index (Phi) is 3.62. The standard InChI is InChI=1S/C15H22N2O/c1-10-7-13-12(6-5-11(2)16)9-17(3)15(13)14(8-10)18-4/h7-9,11H,5-6,16H2,1-4H3. The van der Waals surface area contributed by atoms with Crippen LogP contribution in [0.1, 0.15) is 24.5 Å². The maximum atomic E-state index is 5.85. The molecule has 2 N–H and O–H groups in total. The summed E-state index contributed by atoms with van der Waals surface area (Å²) in [6.07, 6.45) is 4.21. The molecule has 0 spiro atoms. The first-order valence-corrected chi connectivity index (χ1v) is 6.41. The number of rotatable bonds is 4. The molecule has 0 saturated heterocycles. The van der Waals surface area contributed by atoms with Crippen LogP contribution in [0.4, 0.5) is 0 Å². The Morgan fingerprint density at radius 1 is 1.39 bits per heavy atom. The van der Waals surface area contributed by atoms with Gasteiger partial charge in [-0.1, -0.05) is 0 Å². The fourth-order valence-electron chi connectivity index (χ4n) is 2.46. The first-order valence-electron chi connectivity index (χ1n) is 6.41. The van der Waals surface area contributed by atoms with Crippen LogP contribution in [0.5, 0.6) is 5.75 Å². The normalized spacial score (nSPS) is 12.9. The summed E-state index contributed by atoms with van der Waals surface area (Å²) in [5.74, 6) is 0.944. The molecule has 0 radical (unpaired) electrons. The van der Waals surface area contributed by atoms with Gasteiger partial charge < -0.3 is 15.0 Å². The number of nitrogens with two attached hydrogens (primary N) is 1. The first kappa shape index (κ1) is 13.0. The zero-order valence-electron chi connectivity index (χ0n) is 11.7. The average Bonchev–Trinajstić information content (AvgIpc) is 2.62. The predicted molar refractivity (Wildman–Crippen MR) is 76.2 cm³/mol. The maximum Gasteiger partial charge on any atom is 0.143 e. The van der Waals surface area contributed by atoms with Crippen LogP contribution in [-0.4, -0.2) is 17.7 Å². The molecule has 0 aliphatic rings. The molecule has 3 heteroatoms.